The Morgan fingerprint density at radius 1 is 1.73 bits per heavy atom. The van der Waals surface area contributed by atoms with Gasteiger partial charge in [0.25, 0.3) is 0 Å². The standard InChI is InChI=1S/C10H16ClNO3/c1-2-3-4-8(10(14)15)12-6-7(11)5-9(12)13/h7-8H,2-6H2,1H3,(H,14,15). The Morgan fingerprint density at radius 2 is 2.40 bits per heavy atom. The average molecular weight is 234 g/mol. The summed E-state index contributed by atoms with van der Waals surface area (Å²) in [5.41, 5.74) is 0. The van der Waals surface area contributed by atoms with Crippen LogP contribution in [0.1, 0.15) is 32.6 Å². The summed E-state index contributed by atoms with van der Waals surface area (Å²) in [5.74, 6) is -1.07. The Hall–Kier alpha value is -0.770. The third-order valence-corrected chi connectivity index (χ3v) is 2.90. The number of halogens is 1. The molecule has 5 heteroatoms. The van der Waals surface area contributed by atoms with Crippen LogP contribution >= 0.6 is 11.6 Å². The minimum absolute atomic E-state index is 0.140. The van der Waals surface area contributed by atoms with Gasteiger partial charge >= 0.3 is 5.97 Å². The molecular formula is C10H16ClNO3. The second-order valence-electron chi connectivity index (χ2n) is 3.84. The fourth-order valence-corrected chi connectivity index (χ4v) is 2.08. The minimum Gasteiger partial charge on any atom is -0.480 e. The summed E-state index contributed by atoms with van der Waals surface area (Å²) in [4.78, 5) is 23.9. The van der Waals surface area contributed by atoms with Gasteiger partial charge in [-0.25, -0.2) is 4.79 Å². The van der Waals surface area contributed by atoms with Gasteiger partial charge in [-0.15, -0.1) is 11.6 Å². The van der Waals surface area contributed by atoms with Crippen LogP contribution in [-0.4, -0.2) is 39.8 Å². The number of carboxylic acid groups (broad SMARTS) is 1. The summed E-state index contributed by atoms with van der Waals surface area (Å²) in [7, 11) is 0. The second-order valence-corrected chi connectivity index (χ2v) is 4.46. The van der Waals surface area contributed by atoms with Crippen LogP contribution in [0.4, 0.5) is 0 Å². The number of aliphatic carboxylic acids is 1. The van der Waals surface area contributed by atoms with Crippen molar-refractivity contribution in [1.82, 2.24) is 4.90 Å². The summed E-state index contributed by atoms with van der Waals surface area (Å²) >= 11 is 5.83. The minimum atomic E-state index is -0.928. The molecule has 0 radical (unpaired) electrons. The van der Waals surface area contributed by atoms with Crippen molar-refractivity contribution in [2.45, 2.75) is 44.0 Å². The molecular weight excluding hydrogens is 218 g/mol. The number of hydrogen-bond acceptors (Lipinski definition) is 2. The van der Waals surface area contributed by atoms with E-state index >= 15 is 0 Å². The molecule has 1 aliphatic heterocycles. The highest BCUT2D eigenvalue weighted by atomic mass is 35.5. The van der Waals surface area contributed by atoms with Crippen LogP contribution in [0, 0.1) is 0 Å². The molecule has 1 amide bonds. The van der Waals surface area contributed by atoms with Crippen LogP contribution in [-0.2, 0) is 9.59 Å². The molecule has 0 bridgehead atoms. The molecule has 0 spiro atoms. The SMILES string of the molecule is CCCCC(C(=O)O)N1CC(Cl)CC1=O. The Bertz CT molecular complexity index is 257. The van der Waals surface area contributed by atoms with Gasteiger partial charge < -0.3 is 10.0 Å². The van der Waals surface area contributed by atoms with E-state index in [-0.39, 0.29) is 17.7 Å². The summed E-state index contributed by atoms with van der Waals surface area (Å²) in [6.45, 7) is 2.36. The number of likely N-dealkylation sites (tertiary alicyclic amines) is 1. The van der Waals surface area contributed by atoms with E-state index in [1.165, 1.54) is 4.90 Å². The molecule has 0 saturated carbocycles. The lowest BCUT2D eigenvalue weighted by Crippen LogP contribution is -2.42. The van der Waals surface area contributed by atoms with Crippen LogP contribution in [0.3, 0.4) is 0 Å². The Morgan fingerprint density at radius 3 is 2.80 bits per heavy atom. The molecule has 4 nitrogen and oxygen atoms in total. The van der Waals surface area contributed by atoms with E-state index in [1.807, 2.05) is 6.92 Å². The first-order chi connectivity index (χ1) is 7.06. The topological polar surface area (TPSA) is 57.6 Å². The molecule has 2 atom stereocenters. The smallest absolute Gasteiger partial charge is 0.326 e. The Kier molecular flexibility index (Phi) is 4.39. The van der Waals surface area contributed by atoms with E-state index < -0.39 is 12.0 Å². The maximum Gasteiger partial charge on any atom is 0.326 e. The number of nitrogens with zero attached hydrogens (tertiary/aromatic N) is 1. The van der Waals surface area contributed by atoms with Gasteiger partial charge in [0.2, 0.25) is 5.91 Å². The number of hydrogen-bond donors (Lipinski definition) is 1. The number of unbranched alkanes of at least 4 members (excludes halogenated alkanes) is 1. The van der Waals surface area contributed by atoms with E-state index in [9.17, 15) is 9.59 Å². The molecule has 0 aliphatic carbocycles. The Labute approximate surface area is 94.2 Å². The van der Waals surface area contributed by atoms with E-state index in [0.29, 0.717) is 13.0 Å². The number of rotatable bonds is 5. The first-order valence-corrected chi connectivity index (χ1v) is 5.66. The highest BCUT2D eigenvalue weighted by molar-refractivity contribution is 6.22. The van der Waals surface area contributed by atoms with Crippen LogP contribution in [0.25, 0.3) is 0 Å². The molecule has 1 aliphatic rings. The predicted octanol–water partition coefficient (Wildman–Crippen LogP) is 1.47. The van der Waals surface area contributed by atoms with Gasteiger partial charge in [0.05, 0.1) is 5.38 Å². The fourth-order valence-electron chi connectivity index (χ4n) is 1.80. The van der Waals surface area contributed by atoms with Gasteiger partial charge in [0, 0.05) is 13.0 Å². The molecule has 86 valence electrons. The van der Waals surface area contributed by atoms with Crippen molar-refractivity contribution in [3.05, 3.63) is 0 Å². The molecule has 1 saturated heterocycles. The van der Waals surface area contributed by atoms with Gasteiger partial charge in [-0.1, -0.05) is 19.8 Å². The van der Waals surface area contributed by atoms with Crippen molar-refractivity contribution in [2.24, 2.45) is 0 Å². The Balaban J connectivity index is 2.63. The zero-order chi connectivity index (χ0) is 11.4. The van der Waals surface area contributed by atoms with Crippen molar-refractivity contribution in [2.75, 3.05) is 6.54 Å². The fraction of sp³-hybridized carbons (Fsp3) is 0.800. The second kappa shape index (κ2) is 5.35. The molecule has 1 N–H and O–H groups in total. The molecule has 0 aromatic carbocycles. The van der Waals surface area contributed by atoms with E-state index in [2.05, 4.69) is 0 Å². The number of alkyl halides is 1. The predicted molar refractivity (Wildman–Crippen MR) is 56.9 cm³/mol. The quantitative estimate of drug-likeness (QED) is 0.732. The number of carbonyl (C=O) groups is 2. The molecule has 2 unspecified atom stereocenters. The van der Waals surface area contributed by atoms with Gasteiger partial charge in [-0.05, 0) is 6.42 Å². The first kappa shape index (κ1) is 12.3. The lowest BCUT2D eigenvalue weighted by molar-refractivity contribution is -0.148. The van der Waals surface area contributed by atoms with Gasteiger partial charge in [0.15, 0.2) is 0 Å². The van der Waals surface area contributed by atoms with Gasteiger partial charge in [-0.2, -0.15) is 0 Å². The summed E-state index contributed by atoms with van der Waals surface area (Å²) < 4.78 is 0. The molecule has 0 aromatic rings. The highest BCUT2D eigenvalue weighted by Crippen LogP contribution is 2.21. The van der Waals surface area contributed by atoms with E-state index in [1.54, 1.807) is 0 Å². The summed E-state index contributed by atoms with van der Waals surface area (Å²) in [6, 6.07) is -0.693. The van der Waals surface area contributed by atoms with Crippen LogP contribution < -0.4 is 0 Å². The zero-order valence-electron chi connectivity index (χ0n) is 8.78. The van der Waals surface area contributed by atoms with Crippen molar-refractivity contribution in [1.29, 1.82) is 0 Å². The number of amides is 1. The van der Waals surface area contributed by atoms with Gasteiger partial charge in [0.1, 0.15) is 6.04 Å². The molecule has 1 rings (SSSR count). The van der Waals surface area contributed by atoms with Crippen molar-refractivity contribution < 1.29 is 14.7 Å². The third kappa shape index (κ3) is 3.09. The lowest BCUT2D eigenvalue weighted by Gasteiger charge is -2.24. The number of carbonyl (C=O) groups excluding carboxylic acids is 1. The van der Waals surface area contributed by atoms with Crippen molar-refractivity contribution >= 4 is 23.5 Å². The molecule has 15 heavy (non-hydrogen) atoms. The van der Waals surface area contributed by atoms with Crippen LogP contribution in [0.2, 0.25) is 0 Å². The lowest BCUT2D eigenvalue weighted by atomic mass is 10.1. The number of carboxylic acids is 1. The summed E-state index contributed by atoms with van der Waals surface area (Å²) in [5, 5.41) is 8.79. The van der Waals surface area contributed by atoms with Gasteiger partial charge in [-0.3, -0.25) is 4.79 Å². The normalized spacial score (nSPS) is 23.2. The first-order valence-electron chi connectivity index (χ1n) is 5.22. The third-order valence-electron chi connectivity index (χ3n) is 2.60. The average Bonchev–Trinajstić information content (AvgIpc) is 2.46. The largest absolute Gasteiger partial charge is 0.480 e. The molecule has 1 fully saturated rings. The monoisotopic (exact) mass is 233 g/mol. The maximum absolute atomic E-state index is 11.5. The summed E-state index contributed by atoms with van der Waals surface area (Å²) in [6.07, 6.45) is 2.52. The van der Waals surface area contributed by atoms with E-state index in [0.717, 1.165) is 12.8 Å². The zero-order valence-corrected chi connectivity index (χ0v) is 9.54. The molecule has 1 heterocycles. The van der Waals surface area contributed by atoms with E-state index in [4.69, 9.17) is 16.7 Å². The van der Waals surface area contributed by atoms with Crippen LogP contribution in [0.5, 0.6) is 0 Å². The van der Waals surface area contributed by atoms with Crippen molar-refractivity contribution in [3.63, 3.8) is 0 Å². The molecule has 0 aromatic heterocycles. The van der Waals surface area contributed by atoms with Crippen molar-refractivity contribution in [3.8, 4) is 0 Å². The van der Waals surface area contributed by atoms with Crippen LogP contribution in [0.15, 0.2) is 0 Å². The maximum atomic E-state index is 11.5. The highest BCUT2D eigenvalue weighted by Gasteiger charge is 2.36.